The number of carbonyl (C=O) groups excluding carboxylic acids is 2. The maximum absolute atomic E-state index is 12.9. The second-order valence-corrected chi connectivity index (χ2v) is 9.26. The van der Waals surface area contributed by atoms with Crippen LogP contribution < -0.4 is 5.56 Å². The van der Waals surface area contributed by atoms with Crippen molar-refractivity contribution < 1.29 is 14.0 Å². The number of hydrogen-bond acceptors (Lipinski definition) is 7. The highest BCUT2D eigenvalue weighted by molar-refractivity contribution is 7.17. The monoisotopic (exact) mass is 482 g/mol. The second-order valence-electron chi connectivity index (χ2n) is 8.35. The normalized spacial score (nSPS) is 14.4. The Kier molecular flexibility index (Phi) is 6.18. The molecule has 0 bridgehead atoms. The number of rotatable bonds is 7. The number of piperazine rings is 1. The Hall–Kier alpha value is -3.47. The number of fused-ring (bicyclic) bond motifs is 3. The molecule has 4 aromatic rings. The van der Waals surface area contributed by atoms with Crippen LogP contribution >= 0.6 is 11.3 Å². The molecule has 0 atom stereocenters. The van der Waals surface area contributed by atoms with Gasteiger partial charge in [-0.05, 0) is 30.0 Å². The van der Waals surface area contributed by atoms with Gasteiger partial charge in [0.1, 0.15) is 10.5 Å². The van der Waals surface area contributed by atoms with Crippen LogP contribution in [0.1, 0.15) is 42.6 Å². The van der Waals surface area contributed by atoms with Crippen molar-refractivity contribution in [1.82, 2.24) is 29.0 Å². The summed E-state index contributed by atoms with van der Waals surface area (Å²) < 4.78 is 9.47. The molecule has 4 aromatic heterocycles. The van der Waals surface area contributed by atoms with Gasteiger partial charge in [0.2, 0.25) is 11.7 Å². The van der Waals surface area contributed by atoms with Crippen molar-refractivity contribution in [2.75, 3.05) is 26.2 Å². The number of aromatic nitrogens is 4. The van der Waals surface area contributed by atoms with E-state index < -0.39 is 0 Å². The number of carbonyl (C=O) groups is 2. The average Bonchev–Trinajstić information content (AvgIpc) is 3.63. The van der Waals surface area contributed by atoms with Gasteiger partial charge in [-0.25, -0.2) is 0 Å². The van der Waals surface area contributed by atoms with Crippen molar-refractivity contribution >= 4 is 39.1 Å². The third kappa shape index (κ3) is 4.00. The molecule has 1 saturated heterocycles. The van der Waals surface area contributed by atoms with Crippen molar-refractivity contribution in [3.8, 4) is 0 Å². The van der Waals surface area contributed by atoms with E-state index in [1.54, 1.807) is 26.5 Å². The predicted octanol–water partition coefficient (Wildman–Crippen LogP) is 2.42. The third-order valence-corrected chi connectivity index (χ3v) is 7.12. The zero-order valence-electron chi connectivity index (χ0n) is 19.0. The lowest BCUT2D eigenvalue weighted by atomic mass is 10.2. The van der Waals surface area contributed by atoms with Gasteiger partial charge in [0.15, 0.2) is 5.76 Å². The van der Waals surface area contributed by atoms with Crippen molar-refractivity contribution in [3.05, 3.63) is 51.8 Å². The highest BCUT2D eigenvalue weighted by atomic mass is 32.1. The van der Waals surface area contributed by atoms with Gasteiger partial charge < -0.3 is 14.2 Å². The van der Waals surface area contributed by atoms with Crippen LogP contribution in [0.3, 0.4) is 0 Å². The van der Waals surface area contributed by atoms with Crippen LogP contribution in [0.5, 0.6) is 0 Å². The average molecular weight is 483 g/mol. The Balaban J connectivity index is 1.28. The summed E-state index contributed by atoms with van der Waals surface area (Å²) in [6.45, 7) is 4.58. The van der Waals surface area contributed by atoms with Crippen LogP contribution in [-0.4, -0.2) is 67.0 Å². The highest BCUT2D eigenvalue weighted by Gasteiger charge is 2.26. The van der Waals surface area contributed by atoms with Crippen LogP contribution in [0, 0.1) is 0 Å². The Labute approximate surface area is 199 Å². The largest absolute Gasteiger partial charge is 0.459 e. The van der Waals surface area contributed by atoms with Gasteiger partial charge in [-0.1, -0.05) is 13.3 Å². The maximum atomic E-state index is 12.9. The summed E-state index contributed by atoms with van der Waals surface area (Å²) in [5, 5.41) is 10.5. The van der Waals surface area contributed by atoms with Crippen molar-refractivity contribution in [2.45, 2.75) is 39.2 Å². The summed E-state index contributed by atoms with van der Waals surface area (Å²) >= 11 is 1.41. The van der Waals surface area contributed by atoms with E-state index >= 15 is 0 Å². The van der Waals surface area contributed by atoms with Gasteiger partial charge in [0, 0.05) is 45.6 Å². The molecule has 5 rings (SSSR count). The van der Waals surface area contributed by atoms with E-state index in [-0.39, 0.29) is 23.8 Å². The number of nitrogens with zero attached hydrogens (tertiary/aromatic N) is 6. The molecule has 11 heteroatoms. The van der Waals surface area contributed by atoms with E-state index in [4.69, 9.17) is 4.42 Å². The first-order chi connectivity index (χ1) is 16.6. The topological polar surface area (TPSA) is 106 Å². The van der Waals surface area contributed by atoms with Crippen LogP contribution in [0.2, 0.25) is 0 Å². The molecule has 34 heavy (non-hydrogen) atoms. The molecule has 0 unspecified atom stereocenters. The summed E-state index contributed by atoms with van der Waals surface area (Å²) in [6.07, 6.45) is 4.03. The lowest BCUT2D eigenvalue weighted by Gasteiger charge is -2.34. The highest BCUT2D eigenvalue weighted by Crippen LogP contribution is 2.21. The summed E-state index contributed by atoms with van der Waals surface area (Å²) in [5.74, 6) is 1.37. The van der Waals surface area contributed by atoms with Crippen LogP contribution in [0.25, 0.3) is 16.0 Å². The summed E-state index contributed by atoms with van der Waals surface area (Å²) in [4.78, 5) is 41.8. The number of amides is 2. The zero-order valence-corrected chi connectivity index (χ0v) is 19.8. The van der Waals surface area contributed by atoms with Gasteiger partial charge in [0.25, 0.3) is 11.5 Å². The van der Waals surface area contributed by atoms with E-state index in [9.17, 15) is 14.4 Å². The lowest BCUT2D eigenvalue weighted by molar-refractivity contribution is -0.132. The molecule has 1 aliphatic rings. The standard InChI is InChI=1S/C23H26N6O4S/c1-2-3-9-28-22(32)20-16(8-15-34-20)29-18(24-25-23(28)29)6-7-19(30)26-10-12-27(13-11-26)21(31)17-5-4-14-33-17/h4-5,8,14-15H,2-3,6-7,9-13H2,1H3. The molecule has 5 heterocycles. The Morgan fingerprint density at radius 1 is 1.12 bits per heavy atom. The quantitative estimate of drug-likeness (QED) is 0.401. The van der Waals surface area contributed by atoms with E-state index in [1.807, 2.05) is 15.8 Å². The first-order valence-corrected chi connectivity index (χ1v) is 12.4. The van der Waals surface area contributed by atoms with Crippen LogP contribution in [-0.2, 0) is 17.8 Å². The molecule has 0 aromatic carbocycles. The first kappa shape index (κ1) is 22.3. The third-order valence-electron chi connectivity index (χ3n) is 6.23. The fraction of sp³-hybridized carbons (Fsp3) is 0.435. The SMILES string of the molecule is CCCCn1c(=O)c2sccc2n2c(CCC(=O)N3CCN(C(=O)c4ccco4)CC3)nnc12. The minimum Gasteiger partial charge on any atom is -0.459 e. The molecule has 0 aliphatic carbocycles. The maximum Gasteiger partial charge on any atom is 0.289 e. The van der Waals surface area contributed by atoms with Crippen LogP contribution in [0.4, 0.5) is 0 Å². The molecule has 0 N–H and O–H groups in total. The lowest BCUT2D eigenvalue weighted by Crippen LogP contribution is -2.50. The summed E-state index contributed by atoms with van der Waals surface area (Å²) in [7, 11) is 0. The van der Waals surface area contributed by atoms with E-state index in [2.05, 4.69) is 17.1 Å². The van der Waals surface area contributed by atoms with Gasteiger partial charge in [-0.3, -0.25) is 23.4 Å². The fourth-order valence-corrected chi connectivity index (χ4v) is 5.18. The van der Waals surface area contributed by atoms with Gasteiger partial charge in [-0.15, -0.1) is 21.5 Å². The Morgan fingerprint density at radius 2 is 1.91 bits per heavy atom. The minimum atomic E-state index is -0.152. The number of aryl methyl sites for hydroxylation is 2. The predicted molar refractivity (Wildman–Crippen MR) is 127 cm³/mol. The molecule has 0 saturated carbocycles. The molecule has 0 spiro atoms. The molecule has 1 aliphatic heterocycles. The number of thiophene rings is 1. The van der Waals surface area contributed by atoms with Crippen molar-refractivity contribution in [3.63, 3.8) is 0 Å². The van der Waals surface area contributed by atoms with Crippen molar-refractivity contribution in [1.29, 1.82) is 0 Å². The van der Waals surface area contributed by atoms with Gasteiger partial charge in [0.05, 0.1) is 11.8 Å². The molecule has 178 valence electrons. The molecule has 0 radical (unpaired) electrons. The van der Waals surface area contributed by atoms with Crippen LogP contribution in [0.15, 0.2) is 39.1 Å². The van der Waals surface area contributed by atoms with E-state index in [0.29, 0.717) is 61.2 Å². The number of unbranched alkanes of at least 4 members (excludes halogenated alkanes) is 1. The number of hydrogen-bond donors (Lipinski definition) is 0. The summed E-state index contributed by atoms with van der Waals surface area (Å²) in [5.41, 5.74) is 0.748. The van der Waals surface area contributed by atoms with E-state index in [1.165, 1.54) is 17.6 Å². The van der Waals surface area contributed by atoms with Crippen molar-refractivity contribution in [2.24, 2.45) is 0 Å². The first-order valence-electron chi connectivity index (χ1n) is 11.5. The van der Waals surface area contributed by atoms with Gasteiger partial charge >= 0.3 is 0 Å². The smallest absolute Gasteiger partial charge is 0.289 e. The summed E-state index contributed by atoms with van der Waals surface area (Å²) in [6, 6.07) is 5.24. The fourth-order valence-electron chi connectivity index (χ4n) is 4.35. The second kappa shape index (κ2) is 9.41. The molecular formula is C23H26N6O4S. The Morgan fingerprint density at radius 3 is 2.65 bits per heavy atom. The number of furan rings is 1. The Bertz CT molecular complexity index is 1380. The minimum absolute atomic E-state index is 0.0164. The molecule has 10 nitrogen and oxygen atoms in total. The van der Waals surface area contributed by atoms with E-state index in [0.717, 1.165) is 18.4 Å². The molecule has 2 amide bonds. The zero-order chi connectivity index (χ0) is 23.7. The molecule has 1 fully saturated rings. The molecular weight excluding hydrogens is 456 g/mol. The van der Waals surface area contributed by atoms with Gasteiger partial charge in [-0.2, -0.15) is 0 Å².